The Bertz CT molecular complexity index is 794. The summed E-state index contributed by atoms with van der Waals surface area (Å²) in [5, 5.41) is 7.33. The van der Waals surface area contributed by atoms with Crippen LogP contribution in [0.3, 0.4) is 0 Å². The number of pyridine rings is 1. The number of aryl methyl sites for hydroxylation is 1. The lowest BCUT2D eigenvalue weighted by Gasteiger charge is -2.08. The Kier molecular flexibility index (Phi) is 2.79. The van der Waals surface area contributed by atoms with Gasteiger partial charge in [-0.3, -0.25) is 10.1 Å². The van der Waals surface area contributed by atoms with E-state index in [-0.39, 0.29) is 5.91 Å². The van der Waals surface area contributed by atoms with E-state index < -0.39 is 0 Å². The molecule has 7 heteroatoms. The number of carbonyl (C=O) groups excluding carboxylic acids is 1. The fourth-order valence-electron chi connectivity index (χ4n) is 1.96. The first-order valence-electron chi connectivity index (χ1n) is 5.96. The number of hydrogen-bond donors (Lipinski definition) is 2. The molecular formula is C13H12N6O. The van der Waals surface area contributed by atoms with Gasteiger partial charge in [-0.1, -0.05) is 18.2 Å². The van der Waals surface area contributed by atoms with Crippen molar-refractivity contribution in [2.24, 2.45) is 7.05 Å². The van der Waals surface area contributed by atoms with Gasteiger partial charge >= 0.3 is 0 Å². The summed E-state index contributed by atoms with van der Waals surface area (Å²) in [6.45, 7) is 0. The second kappa shape index (κ2) is 4.61. The molecule has 2 aromatic heterocycles. The maximum absolute atomic E-state index is 12.4. The molecule has 0 radical (unpaired) electrons. The van der Waals surface area contributed by atoms with Crippen LogP contribution in [0.4, 0.5) is 11.8 Å². The standard InChI is InChI=1S/C13H12N6O/c1-19-13(15-7-16-19)18-12(20)9-6-11(14)17-10-5-3-2-4-8(9)10/h2-7H,1H3,(H2,14,17)(H,15,16,18,20). The van der Waals surface area contributed by atoms with E-state index in [0.29, 0.717) is 22.8 Å². The van der Waals surface area contributed by atoms with Gasteiger partial charge in [0, 0.05) is 12.4 Å². The number of nitrogens with zero attached hydrogens (tertiary/aromatic N) is 4. The average molecular weight is 268 g/mol. The number of rotatable bonds is 2. The molecule has 2 heterocycles. The number of anilines is 2. The number of benzene rings is 1. The predicted octanol–water partition coefficient (Wildman–Crippen LogP) is 1.20. The van der Waals surface area contributed by atoms with Crippen molar-refractivity contribution in [3.05, 3.63) is 42.2 Å². The SMILES string of the molecule is Cn1ncnc1NC(=O)c1cc(N)nc2ccccc12. The Balaban J connectivity index is 2.05. The molecule has 3 aromatic rings. The first kappa shape index (κ1) is 12.1. The van der Waals surface area contributed by atoms with E-state index in [4.69, 9.17) is 5.73 Å². The molecule has 0 saturated heterocycles. The Hall–Kier alpha value is -2.96. The average Bonchev–Trinajstić information content (AvgIpc) is 2.83. The molecule has 7 nitrogen and oxygen atoms in total. The number of hydrogen-bond acceptors (Lipinski definition) is 5. The molecule has 0 saturated carbocycles. The van der Waals surface area contributed by atoms with Gasteiger partial charge in [-0.25, -0.2) is 9.67 Å². The molecule has 0 spiro atoms. The Morgan fingerprint density at radius 2 is 2.15 bits per heavy atom. The molecule has 0 aliphatic heterocycles. The summed E-state index contributed by atoms with van der Waals surface area (Å²) in [7, 11) is 1.70. The molecular weight excluding hydrogens is 256 g/mol. The van der Waals surface area contributed by atoms with Crippen LogP contribution in [-0.4, -0.2) is 25.7 Å². The number of aromatic nitrogens is 4. The van der Waals surface area contributed by atoms with E-state index in [0.717, 1.165) is 5.39 Å². The van der Waals surface area contributed by atoms with Crippen LogP contribution in [0.1, 0.15) is 10.4 Å². The summed E-state index contributed by atoms with van der Waals surface area (Å²) in [6.07, 6.45) is 1.37. The molecule has 3 N–H and O–H groups in total. The molecule has 0 aliphatic carbocycles. The van der Waals surface area contributed by atoms with Crippen molar-refractivity contribution in [1.29, 1.82) is 0 Å². The summed E-state index contributed by atoms with van der Waals surface area (Å²) < 4.78 is 1.48. The number of carbonyl (C=O) groups is 1. The van der Waals surface area contributed by atoms with Crippen LogP contribution < -0.4 is 11.1 Å². The third kappa shape index (κ3) is 2.05. The van der Waals surface area contributed by atoms with Crippen molar-refractivity contribution >= 4 is 28.6 Å². The van der Waals surface area contributed by atoms with Gasteiger partial charge in [0.2, 0.25) is 5.95 Å². The molecule has 0 bridgehead atoms. The minimum atomic E-state index is -0.300. The molecule has 100 valence electrons. The van der Waals surface area contributed by atoms with Crippen molar-refractivity contribution in [2.75, 3.05) is 11.1 Å². The third-order valence-corrected chi connectivity index (χ3v) is 2.92. The van der Waals surface area contributed by atoms with E-state index in [1.165, 1.54) is 11.0 Å². The lowest BCUT2D eigenvalue weighted by Crippen LogP contribution is -2.16. The second-order valence-corrected chi connectivity index (χ2v) is 4.27. The zero-order valence-corrected chi connectivity index (χ0v) is 10.7. The summed E-state index contributed by atoms with van der Waals surface area (Å²) in [5.74, 6) is 0.368. The number of nitrogens with one attached hydrogen (secondary N) is 1. The summed E-state index contributed by atoms with van der Waals surface area (Å²) >= 11 is 0. The fraction of sp³-hybridized carbons (Fsp3) is 0.0769. The monoisotopic (exact) mass is 268 g/mol. The lowest BCUT2D eigenvalue weighted by atomic mass is 10.1. The van der Waals surface area contributed by atoms with Gasteiger partial charge in [0.15, 0.2) is 0 Å². The van der Waals surface area contributed by atoms with E-state index >= 15 is 0 Å². The summed E-state index contributed by atoms with van der Waals surface area (Å²) in [6, 6.07) is 8.88. The van der Waals surface area contributed by atoms with E-state index in [2.05, 4.69) is 20.4 Å². The highest BCUT2D eigenvalue weighted by molar-refractivity contribution is 6.12. The van der Waals surface area contributed by atoms with E-state index in [1.54, 1.807) is 13.1 Å². The maximum Gasteiger partial charge on any atom is 0.258 e. The van der Waals surface area contributed by atoms with Gasteiger partial charge in [-0.05, 0) is 12.1 Å². The Labute approximate surface area is 114 Å². The van der Waals surface area contributed by atoms with Gasteiger partial charge in [-0.2, -0.15) is 10.1 Å². The van der Waals surface area contributed by atoms with Gasteiger partial charge in [-0.15, -0.1) is 0 Å². The highest BCUT2D eigenvalue weighted by Gasteiger charge is 2.14. The maximum atomic E-state index is 12.4. The van der Waals surface area contributed by atoms with Crippen molar-refractivity contribution in [3.8, 4) is 0 Å². The Morgan fingerprint density at radius 1 is 1.35 bits per heavy atom. The topological polar surface area (TPSA) is 98.7 Å². The first-order chi connectivity index (χ1) is 9.65. The van der Waals surface area contributed by atoms with Crippen molar-refractivity contribution in [3.63, 3.8) is 0 Å². The zero-order chi connectivity index (χ0) is 14.1. The van der Waals surface area contributed by atoms with Crippen molar-refractivity contribution in [2.45, 2.75) is 0 Å². The molecule has 0 unspecified atom stereocenters. The molecule has 3 rings (SSSR count). The van der Waals surface area contributed by atoms with Crippen LogP contribution in [0.2, 0.25) is 0 Å². The quantitative estimate of drug-likeness (QED) is 0.727. The minimum absolute atomic E-state index is 0.298. The van der Waals surface area contributed by atoms with Gasteiger partial charge < -0.3 is 5.73 Å². The fourth-order valence-corrected chi connectivity index (χ4v) is 1.96. The molecule has 1 aromatic carbocycles. The van der Waals surface area contributed by atoms with Crippen LogP contribution in [0.25, 0.3) is 10.9 Å². The van der Waals surface area contributed by atoms with E-state index in [9.17, 15) is 4.79 Å². The molecule has 0 fully saturated rings. The molecule has 1 amide bonds. The lowest BCUT2D eigenvalue weighted by molar-refractivity contribution is 0.102. The molecule has 0 aliphatic rings. The van der Waals surface area contributed by atoms with Crippen molar-refractivity contribution < 1.29 is 4.79 Å². The number of amides is 1. The number of nitrogen functional groups attached to an aromatic ring is 1. The number of nitrogens with two attached hydrogens (primary N) is 1. The van der Waals surface area contributed by atoms with Crippen LogP contribution >= 0.6 is 0 Å². The molecule has 20 heavy (non-hydrogen) atoms. The first-order valence-corrected chi connectivity index (χ1v) is 5.96. The van der Waals surface area contributed by atoms with E-state index in [1.807, 2.05) is 24.3 Å². The van der Waals surface area contributed by atoms with Crippen molar-refractivity contribution in [1.82, 2.24) is 19.7 Å². The number of para-hydroxylation sites is 1. The summed E-state index contributed by atoms with van der Waals surface area (Å²) in [5.41, 5.74) is 6.87. The van der Waals surface area contributed by atoms with Crippen LogP contribution in [0, 0.1) is 0 Å². The van der Waals surface area contributed by atoms with Gasteiger partial charge in [0.05, 0.1) is 11.1 Å². The van der Waals surface area contributed by atoms with Crippen LogP contribution in [0.5, 0.6) is 0 Å². The Morgan fingerprint density at radius 3 is 2.90 bits per heavy atom. The predicted molar refractivity (Wildman–Crippen MR) is 75.1 cm³/mol. The molecule has 0 atom stereocenters. The summed E-state index contributed by atoms with van der Waals surface area (Å²) in [4.78, 5) is 20.5. The largest absolute Gasteiger partial charge is 0.384 e. The van der Waals surface area contributed by atoms with Gasteiger partial charge in [0.1, 0.15) is 12.1 Å². The zero-order valence-electron chi connectivity index (χ0n) is 10.7. The number of fused-ring (bicyclic) bond motifs is 1. The normalized spacial score (nSPS) is 10.7. The van der Waals surface area contributed by atoms with Crippen LogP contribution in [0.15, 0.2) is 36.7 Å². The highest BCUT2D eigenvalue weighted by Crippen LogP contribution is 2.20. The third-order valence-electron chi connectivity index (χ3n) is 2.92. The highest BCUT2D eigenvalue weighted by atomic mass is 16.1. The second-order valence-electron chi connectivity index (χ2n) is 4.27. The minimum Gasteiger partial charge on any atom is -0.384 e. The smallest absolute Gasteiger partial charge is 0.258 e. The van der Waals surface area contributed by atoms with Crippen LogP contribution in [-0.2, 0) is 7.05 Å². The van der Waals surface area contributed by atoms with Gasteiger partial charge in [0.25, 0.3) is 5.91 Å².